The van der Waals surface area contributed by atoms with Gasteiger partial charge in [-0.1, -0.05) is 25.5 Å². The first-order chi connectivity index (χ1) is 8.10. The average molecular weight is 241 g/mol. The van der Waals surface area contributed by atoms with Gasteiger partial charge in [-0.15, -0.1) is 0 Å². The summed E-state index contributed by atoms with van der Waals surface area (Å²) in [4.78, 5) is 22.3. The van der Waals surface area contributed by atoms with Crippen LogP contribution in [0, 0.1) is 5.41 Å². The Morgan fingerprint density at radius 1 is 1.41 bits per heavy atom. The molecule has 1 fully saturated rings. The fourth-order valence-corrected chi connectivity index (χ4v) is 2.21. The minimum absolute atomic E-state index is 0.163. The van der Waals surface area contributed by atoms with Crippen molar-refractivity contribution < 1.29 is 19.4 Å². The Bertz CT molecular complexity index is 295. The van der Waals surface area contributed by atoms with E-state index in [9.17, 15) is 14.7 Å². The van der Waals surface area contributed by atoms with Crippen molar-refractivity contribution in [2.75, 3.05) is 13.2 Å². The first-order valence-electron chi connectivity index (χ1n) is 5.86. The summed E-state index contributed by atoms with van der Waals surface area (Å²) < 4.78 is 4.73. The summed E-state index contributed by atoms with van der Waals surface area (Å²) in [7, 11) is 0. The van der Waals surface area contributed by atoms with Gasteiger partial charge in [-0.05, 0) is 19.3 Å². The molecule has 0 radical (unpaired) electrons. The van der Waals surface area contributed by atoms with Crippen LogP contribution in [0.5, 0.6) is 0 Å². The van der Waals surface area contributed by atoms with Crippen molar-refractivity contribution in [1.82, 2.24) is 5.32 Å². The molecular weight excluding hydrogens is 222 g/mol. The molecular formula is C12H19NO4. The first kappa shape index (κ1) is 13.5. The predicted molar refractivity (Wildman–Crippen MR) is 62.7 cm³/mol. The monoisotopic (exact) mass is 241 g/mol. The molecule has 0 aliphatic heterocycles. The van der Waals surface area contributed by atoms with Crippen LogP contribution in [0.25, 0.3) is 0 Å². The number of carboxylic acids is 1. The molecule has 0 bridgehead atoms. The van der Waals surface area contributed by atoms with Crippen molar-refractivity contribution >= 4 is 12.1 Å². The topological polar surface area (TPSA) is 75.6 Å². The van der Waals surface area contributed by atoms with E-state index in [1.807, 2.05) is 0 Å². The van der Waals surface area contributed by atoms with E-state index in [1.165, 1.54) is 6.08 Å². The second-order valence-corrected chi connectivity index (χ2v) is 4.36. The molecule has 2 N–H and O–H groups in total. The number of alkyl carbamates (subject to hydrolysis) is 1. The van der Waals surface area contributed by atoms with Crippen molar-refractivity contribution in [3.63, 3.8) is 0 Å². The standard InChI is InChI=1S/C12H19NO4/c1-2-9-17-11(16)13-8-7-12(10(14)15)5-3-4-6-12/h2H,1,3-9H2,(H,13,16)(H,14,15). The van der Waals surface area contributed by atoms with E-state index >= 15 is 0 Å². The normalized spacial score (nSPS) is 17.4. The third-order valence-corrected chi connectivity index (χ3v) is 3.22. The zero-order chi connectivity index (χ0) is 12.7. The highest BCUT2D eigenvalue weighted by atomic mass is 16.5. The Hall–Kier alpha value is -1.52. The number of hydrogen-bond donors (Lipinski definition) is 2. The molecule has 0 unspecified atom stereocenters. The van der Waals surface area contributed by atoms with Crippen LogP contribution < -0.4 is 5.32 Å². The summed E-state index contributed by atoms with van der Waals surface area (Å²) in [5.41, 5.74) is -0.647. The lowest BCUT2D eigenvalue weighted by Gasteiger charge is -2.23. The number of carbonyl (C=O) groups is 2. The lowest BCUT2D eigenvalue weighted by molar-refractivity contribution is -0.149. The Morgan fingerprint density at radius 2 is 2.06 bits per heavy atom. The highest BCUT2D eigenvalue weighted by Gasteiger charge is 2.40. The lowest BCUT2D eigenvalue weighted by Crippen LogP contribution is -2.34. The first-order valence-corrected chi connectivity index (χ1v) is 5.86. The van der Waals surface area contributed by atoms with Gasteiger partial charge in [-0.2, -0.15) is 0 Å². The van der Waals surface area contributed by atoms with Crippen LogP contribution in [-0.2, 0) is 9.53 Å². The van der Waals surface area contributed by atoms with Gasteiger partial charge in [0.2, 0.25) is 0 Å². The third-order valence-electron chi connectivity index (χ3n) is 3.22. The summed E-state index contributed by atoms with van der Waals surface area (Å²) >= 11 is 0. The number of ether oxygens (including phenoxy) is 1. The van der Waals surface area contributed by atoms with Gasteiger partial charge in [-0.3, -0.25) is 4.79 Å². The molecule has 1 aliphatic rings. The molecule has 5 nitrogen and oxygen atoms in total. The van der Waals surface area contributed by atoms with Crippen LogP contribution in [0.2, 0.25) is 0 Å². The fourth-order valence-electron chi connectivity index (χ4n) is 2.21. The number of hydrogen-bond acceptors (Lipinski definition) is 3. The van der Waals surface area contributed by atoms with Crippen LogP contribution in [-0.4, -0.2) is 30.3 Å². The Morgan fingerprint density at radius 3 is 2.59 bits per heavy atom. The largest absolute Gasteiger partial charge is 0.481 e. The molecule has 0 saturated heterocycles. The molecule has 0 aromatic rings. The van der Waals surface area contributed by atoms with Crippen LogP contribution in [0.3, 0.4) is 0 Å². The van der Waals surface area contributed by atoms with Gasteiger partial charge in [0.25, 0.3) is 0 Å². The number of amides is 1. The molecule has 0 aromatic carbocycles. The van der Waals surface area contributed by atoms with Crippen molar-refractivity contribution in [1.29, 1.82) is 0 Å². The highest BCUT2D eigenvalue weighted by molar-refractivity contribution is 5.75. The van der Waals surface area contributed by atoms with Crippen molar-refractivity contribution in [2.45, 2.75) is 32.1 Å². The summed E-state index contributed by atoms with van der Waals surface area (Å²) in [5, 5.41) is 11.8. The lowest BCUT2D eigenvalue weighted by atomic mass is 9.83. The van der Waals surface area contributed by atoms with Crippen molar-refractivity contribution in [3.05, 3.63) is 12.7 Å². The van der Waals surface area contributed by atoms with Gasteiger partial charge in [0, 0.05) is 6.54 Å². The maximum atomic E-state index is 11.2. The number of rotatable bonds is 6. The molecule has 17 heavy (non-hydrogen) atoms. The van der Waals surface area contributed by atoms with E-state index in [0.29, 0.717) is 25.8 Å². The van der Waals surface area contributed by atoms with Gasteiger partial charge in [0.1, 0.15) is 6.61 Å². The van der Waals surface area contributed by atoms with E-state index in [4.69, 9.17) is 4.74 Å². The highest BCUT2D eigenvalue weighted by Crippen LogP contribution is 2.40. The fraction of sp³-hybridized carbons (Fsp3) is 0.667. The van der Waals surface area contributed by atoms with Gasteiger partial charge in [0.15, 0.2) is 0 Å². The summed E-state index contributed by atoms with van der Waals surface area (Å²) in [6.45, 7) is 3.93. The minimum Gasteiger partial charge on any atom is -0.481 e. The zero-order valence-corrected chi connectivity index (χ0v) is 9.91. The third kappa shape index (κ3) is 3.76. The van der Waals surface area contributed by atoms with E-state index in [-0.39, 0.29) is 6.61 Å². The minimum atomic E-state index is -0.753. The quantitative estimate of drug-likeness (QED) is 0.697. The number of carboxylic acid groups (broad SMARTS) is 1. The molecule has 0 spiro atoms. The zero-order valence-electron chi connectivity index (χ0n) is 9.91. The predicted octanol–water partition coefficient (Wildman–Crippen LogP) is 1.93. The van der Waals surface area contributed by atoms with E-state index in [2.05, 4.69) is 11.9 Å². The van der Waals surface area contributed by atoms with Gasteiger partial charge in [-0.25, -0.2) is 4.79 Å². The smallest absolute Gasteiger partial charge is 0.407 e. The van der Waals surface area contributed by atoms with Gasteiger partial charge >= 0.3 is 12.1 Å². The second kappa shape index (κ2) is 6.27. The second-order valence-electron chi connectivity index (χ2n) is 4.36. The van der Waals surface area contributed by atoms with E-state index < -0.39 is 17.5 Å². The molecule has 96 valence electrons. The van der Waals surface area contributed by atoms with Gasteiger partial charge in [0.05, 0.1) is 5.41 Å². The molecule has 1 rings (SSSR count). The molecule has 5 heteroatoms. The maximum absolute atomic E-state index is 11.2. The number of carbonyl (C=O) groups excluding carboxylic acids is 1. The van der Waals surface area contributed by atoms with Crippen LogP contribution in [0.15, 0.2) is 12.7 Å². The Balaban J connectivity index is 2.31. The number of aliphatic carboxylic acids is 1. The Labute approximate surface area is 101 Å². The van der Waals surface area contributed by atoms with Crippen molar-refractivity contribution in [2.24, 2.45) is 5.41 Å². The van der Waals surface area contributed by atoms with Crippen LogP contribution in [0.4, 0.5) is 4.79 Å². The van der Waals surface area contributed by atoms with Crippen molar-refractivity contribution in [3.8, 4) is 0 Å². The van der Waals surface area contributed by atoms with Gasteiger partial charge < -0.3 is 15.2 Å². The molecule has 1 aliphatic carbocycles. The molecule has 0 atom stereocenters. The maximum Gasteiger partial charge on any atom is 0.407 e. The summed E-state index contributed by atoms with van der Waals surface area (Å²) in [6, 6.07) is 0. The van der Waals surface area contributed by atoms with E-state index in [1.54, 1.807) is 0 Å². The summed E-state index contributed by atoms with van der Waals surface area (Å²) in [5.74, 6) is -0.753. The van der Waals surface area contributed by atoms with Crippen LogP contribution >= 0.6 is 0 Å². The SMILES string of the molecule is C=CCOC(=O)NCCC1(C(=O)O)CCCC1. The molecule has 0 heterocycles. The number of nitrogens with one attached hydrogen (secondary N) is 1. The summed E-state index contributed by atoms with van der Waals surface area (Å²) in [6.07, 6.45) is 4.72. The average Bonchev–Trinajstić information content (AvgIpc) is 2.76. The molecule has 1 saturated carbocycles. The molecule has 0 aromatic heterocycles. The Kier molecular flexibility index (Phi) is 5.00. The van der Waals surface area contributed by atoms with E-state index in [0.717, 1.165) is 12.8 Å². The van der Waals surface area contributed by atoms with Crippen LogP contribution in [0.1, 0.15) is 32.1 Å². The molecule has 1 amide bonds.